The Morgan fingerprint density at radius 1 is 1.16 bits per heavy atom. The highest BCUT2D eigenvalue weighted by Crippen LogP contribution is 2.31. The molecule has 8 nitrogen and oxygen atoms in total. The van der Waals surface area contributed by atoms with Crippen molar-refractivity contribution in [3.63, 3.8) is 0 Å². The second-order valence-corrected chi connectivity index (χ2v) is 7.95. The summed E-state index contributed by atoms with van der Waals surface area (Å²) in [5.74, 6) is 0.313. The number of rotatable bonds is 4. The Labute approximate surface area is 145 Å². The van der Waals surface area contributed by atoms with Gasteiger partial charge < -0.3 is 4.52 Å². The zero-order valence-electron chi connectivity index (χ0n) is 13.8. The van der Waals surface area contributed by atoms with Crippen LogP contribution < -0.4 is 0 Å². The Morgan fingerprint density at radius 2 is 1.88 bits per heavy atom. The van der Waals surface area contributed by atoms with Crippen molar-refractivity contribution in [2.45, 2.75) is 24.8 Å². The molecule has 2 aromatic heterocycles. The molecular formula is C16H17N5O3S. The Balaban J connectivity index is 1.50. The molecule has 3 aromatic rings. The van der Waals surface area contributed by atoms with Gasteiger partial charge in [-0.3, -0.25) is 0 Å². The van der Waals surface area contributed by atoms with Gasteiger partial charge in [0.1, 0.15) is 16.3 Å². The average Bonchev–Trinajstić information content (AvgIpc) is 3.14. The highest BCUT2D eigenvalue weighted by molar-refractivity contribution is 7.89. The van der Waals surface area contributed by atoms with Crippen LogP contribution in [0.1, 0.15) is 17.5 Å². The molecule has 0 bridgehead atoms. The smallest absolute Gasteiger partial charge is 0.248 e. The molecule has 0 spiro atoms. The van der Waals surface area contributed by atoms with Gasteiger partial charge in [-0.05, 0) is 13.8 Å². The van der Waals surface area contributed by atoms with Crippen molar-refractivity contribution >= 4 is 10.0 Å². The molecule has 4 rings (SSSR count). The summed E-state index contributed by atoms with van der Waals surface area (Å²) in [7, 11) is -3.59. The molecule has 0 amide bonds. The molecule has 9 heteroatoms. The van der Waals surface area contributed by atoms with Gasteiger partial charge in [0, 0.05) is 18.7 Å². The van der Waals surface area contributed by atoms with Crippen molar-refractivity contribution in [1.82, 2.24) is 24.5 Å². The van der Waals surface area contributed by atoms with Crippen LogP contribution >= 0.6 is 0 Å². The third-order valence-electron chi connectivity index (χ3n) is 4.35. The Kier molecular flexibility index (Phi) is 3.69. The van der Waals surface area contributed by atoms with E-state index in [1.54, 1.807) is 18.5 Å². The van der Waals surface area contributed by atoms with Gasteiger partial charge in [0.25, 0.3) is 0 Å². The van der Waals surface area contributed by atoms with Gasteiger partial charge in [0.15, 0.2) is 5.76 Å². The maximum atomic E-state index is 12.7. The van der Waals surface area contributed by atoms with Crippen molar-refractivity contribution < 1.29 is 12.9 Å². The lowest BCUT2D eigenvalue weighted by atomic mass is 10.1. The molecule has 25 heavy (non-hydrogen) atoms. The summed E-state index contributed by atoms with van der Waals surface area (Å²) in [6, 6.07) is 9.72. The number of nitrogens with zero attached hydrogens (tertiary/aromatic N) is 5. The molecule has 0 radical (unpaired) electrons. The van der Waals surface area contributed by atoms with Crippen molar-refractivity contribution in [3.8, 4) is 11.3 Å². The minimum atomic E-state index is -3.59. The second kappa shape index (κ2) is 5.78. The zero-order chi connectivity index (χ0) is 17.6. The zero-order valence-corrected chi connectivity index (χ0v) is 14.6. The van der Waals surface area contributed by atoms with Crippen LogP contribution in [-0.4, -0.2) is 46.0 Å². The largest absolute Gasteiger partial charge is 0.360 e. The van der Waals surface area contributed by atoms with Crippen LogP contribution in [0.5, 0.6) is 0 Å². The van der Waals surface area contributed by atoms with Crippen LogP contribution in [0.25, 0.3) is 11.3 Å². The van der Waals surface area contributed by atoms with Crippen molar-refractivity contribution in [1.29, 1.82) is 0 Å². The highest BCUT2D eigenvalue weighted by Gasteiger charge is 2.41. The van der Waals surface area contributed by atoms with E-state index in [-0.39, 0.29) is 10.9 Å². The van der Waals surface area contributed by atoms with Gasteiger partial charge in [0.05, 0.1) is 12.2 Å². The highest BCUT2D eigenvalue weighted by atomic mass is 32.2. The number of sulfonamides is 1. The molecular weight excluding hydrogens is 342 g/mol. The molecule has 1 fully saturated rings. The molecule has 0 N–H and O–H groups in total. The molecule has 1 aliphatic heterocycles. The van der Waals surface area contributed by atoms with E-state index < -0.39 is 10.0 Å². The van der Waals surface area contributed by atoms with Gasteiger partial charge in [-0.25, -0.2) is 13.1 Å². The number of hydrogen-bond acceptors (Lipinski definition) is 6. The van der Waals surface area contributed by atoms with E-state index in [2.05, 4.69) is 15.5 Å². The van der Waals surface area contributed by atoms with Gasteiger partial charge in [0.2, 0.25) is 10.0 Å². The van der Waals surface area contributed by atoms with E-state index in [4.69, 9.17) is 4.52 Å². The summed E-state index contributed by atoms with van der Waals surface area (Å²) in [6.07, 6.45) is 1.85. The first-order valence-corrected chi connectivity index (χ1v) is 9.31. The van der Waals surface area contributed by atoms with Gasteiger partial charge in [-0.15, -0.1) is 5.10 Å². The lowest BCUT2D eigenvalue weighted by Gasteiger charge is -2.37. The van der Waals surface area contributed by atoms with E-state index in [0.717, 1.165) is 11.3 Å². The van der Waals surface area contributed by atoms with Crippen molar-refractivity contribution in [3.05, 3.63) is 48.0 Å². The fourth-order valence-corrected chi connectivity index (χ4v) is 4.75. The third-order valence-corrected chi connectivity index (χ3v) is 6.43. The van der Waals surface area contributed by atoms with Crippen LogP contribution in [-0.2, 0) is 10.0 Å². The topological polar surface area (TPSA) is 94.1 Å². The predicted molar refractivity (Wildman–Crippen MR) is 89.2 cm³/mol. The minimum Gasteiger partial charge on any atom is -0.360 e. The molecule has 1 saturated heterocycles. The Hall–Kier alpha value is -2.52. The van der Waals surface area contributed by atoms with Gasteiger partial charge >= 0.3 is 0 Å². The molecule has 3 heterocycles. The van der Waals surface area contributed by atoms with Crippen molar-refractivity contribution in [2.75, 3.05) is 13.1 Å². The quantitative estimate of drug-likeness (QED) is 0.705. The predicted octanol–water partition coefficient (Wildman–Crippen LogP) is 1.80. The van der Waals surface area contributed by atoms with Gasteiger partial charge in [-0.1, -0.05) is 40.7 Å². The van der Waals surface area contributed by atoms with E-state index >= 15 is 0 Å². The maximum absolute atomic E-state index is 12.7. The van der Waals surface area contributed by atoms with Crippen LogP contribution in [0, 0.1) is 13.8 Å². The number of aryl methyl sites for hydroxylation is 2. The summed E-state index contributed by atoms with van der Waals surface area (Å²) in [5, 5.41) is 12.0. The summed E-state index contributed by atoms with van der Waals surface area (Å²) in [5.41, 5.74) is 2.13. The van der Waals surface area contributed by atoms with Crippen LogP contribution in [0.2, 0.25) is 0 Å². The Bertz CT molecular complexity index is 984. The van der Waals surface area contributed by atoms with Crippen molar-refractivity contribution in [2.24, 2.45) is 0 Å². The minimum absolute atomic E-state index is 0.0276. The molecule has 1 aromatic carbocycles. The molecule has 0 aliphatic carbocycles. The first kappa shape index (κ1) is 16.0. The van der Waals surface area contributed by atoms with E-state index in [1.807, 2.05) is 36.5 Å². The number of benzene rings is 1. The maximum Gasteiger partial charge on any atom is 0.248 e. The molecule has 1 aliphatic rings. The Morgan fingerprint density at radius 3 is 2.52 bits per heavy atom. The standard InChI is InChI=1S/C16H17N5O3S/c1-11-16(12(2)24-18-11)25(22,23)20-8-14(9-20)21-10-15(17-19-21)13-6-4-3-5-7-13/h3-7,10,14H,8-9H2,1-2H3. The number of hydrogen-bond donors (Lipinski definition) is 0. The third kappa shape index (κ3) is 2.65. The first-order chi connectivity index (χ1) is 12.0. The van der Waals surface area contributed by atoms with E-state index in [0.29, 0.717) is 24.5 Å². The summed E-state index contributed by atoms with van der Waals surface area (Å²) in [4.78, 5) is 0.162. The van der Waals surface area contributed by atoms with E-state index in [1.165, 1.54) is 4.31 Å². The number of aromatic nitrogens is 4. The summed E-state index contributed by atoms with van der Waals surface area (Å²) < 4.78 is 33.5. The second-order valence-electron chi connectivity index (χ2n) is 6.08. The summed E-state index contributed by atoms with van der Waals surface area (Å²) >= 11 is 0. The SMILES string of the molecule is Cc1noc(C)c1S(=O)(=O)N1CC(n2cc(-c3ccccc3)nn2)C1. The first-order valence-electron chi connectivity index (χ1n) is 7.87. The lowest BCUT2D eigenvalue weighted by Crippen LogP contribution is -2.50. The fourth-order valence-electron chi connectivity index (χ4n) is 2.95. The monoisotopic (exact) mass is 359 g/mol. The average molecular weight is 359 g/mol. The summed E-state index contributed by atoms with van der Waals surface area (Å²) in [6.45, 7) is 3.94. The molecule has 130 valence electrons. The van der Waals surface area contributed by atoms with E-state index in [9.17, 15) is 8.42 Å². The molecule has 0 unspecified atom stereocenters. The van der Waals surface area contributed by atoms with Crippen LogP contribution in [0.15, 0.2) is 45.9 Å². The lowest BCUT2D eigenvalue weighted by molar-refractivity contribution is 0.188. The van der Waals surface area contributed by atoms with Crippen LogP contribution in [0.4, 0.5) is 0 Å². The van der Waals surface area contributed by atoms with Crippen LogP contribution in [0.3, 0.4) is 0 Å². The molecule has 0 saturated carbocycles. The fraction of sp³-hybridized carbons (Fsp3) is 0.312. The van der Waals surface area contributed by atoms with Gasteiger partial charge in [-0.2, -0.15) is 4.31 Å². The normalized spacial score (nSPS) is 16.1. The molecule has 0 atom stereocenters.